The van der Waals surface area contributed by atoms with Crippen LogP contribution >= 0.6 is 0 Å². The highest BCUT2D eigenvalue weighted by atomic mass is 16.2. The highest BCUT2D eigenvalue weighted by Gasteiger charge is 2.51. The van der Waals surface area contributed by atoms with Crippen molar-refractivity contribution in [2.24, 2.45) is 5.92 Å². The molecule has 0 unspecified atom stereocenters. The molecule has 2 amide bonds. The molecule has 4 rings (SSSR count). The SMILES string of the molecule is CN1C(=O)[C@H](c2ccccc2)CC12CCN(C(=O)C1CCCC1)CC2. The molecule has 25 heavy (non-hydrogen) atoms. The topological polar surface area (TPSA) is 40.6 Å². The molecule has 2 saturated heterocycles. The highest BCUT2D eigenvalue weighted by Crippen LogP contribution is 2.45. The number of likely N-dealkylation sites (N-methyl/N-ethyl adjacent to an activating group) is 1. The Morgan fingerprint density at radius 3 is 2.36 bits per heavy atom. The first-order valence-electron chi connectivity index (χ1n) is 9.72. The molecular formula is C21H28N2O2. The van der Waals surface area contributed by atoms with Crippen molar-refractivity contribution in [1.29, 1.82) is 0 Å². The van der Waals surface area contributed by atoms with E-state index in [1.165, 1.54) is 12.8 Å². The third-order valence-corrected chi connectivity index (χ3v) is 6.84. The first-order valence-corrected chi connectivity index (χ1v) is 9.72. The van der Waals surface area contributed by atoms with Gasteiger partial charge in [0.05, 0.1) is 5.92 Å². The van der Waals surface area contributed by atoms with Gasteiger partial charge in [-0.1, -0.05) is 43.2 Å². The number of amides is 2. The molecule has 1 saturated carbocycles. The molecule has 134 valence electrons. The monoisotopic (exact) mass is 340 g/mol. The standard InChI is InChI=1S/C21H28N2O2/c1-22-20(25)18(16-7-3-2-4-8-16)15-21(22)11-13-23(14-12-21)19(24)17-9-5-6-10-17/h2-4,7-8,17-18H,5-6,9-15H2,1H3/t18-/m0/s1. The molecule has 4 nitrogen and oxygen atoms in total. The maximum absolute atomic E-state index is 12.8. The summed E-state index contributed by atoms with van der Waals surface area (Å²) < 4.78 is 0. The van der Waals surface area contributed by atoms with E-state index in [2.05, 4.69) is 17.0 Å². The van der Waals surface area contributed by atoms with Crippen LogP contribution in [0.1, 0.15) is 56.4 Å². The maximum Gasteiger partial charge on any atom is 0.230 e. The normalized spacial score (nSPS) is 26.6. The van der Waals surface area contributed by atoms with Crippen molar-refractivity contribution in [2.45, 2.75) is 56.4 Å². The fraction of sp³-hybridized carbons (Fsp3) is 0.619. The Morgan fingerprint density at radius 2 is 1.72 bits per heavy atom. The van der Waals surface area contributed by atoms with E-state index in [4.69, 9.17) is 0 Å². The van der Waals surface area contributed by atoms with Crippen LogP contribution in [-0.2, 0) is 9.59 Å². The van der Waals surface area contributed by atoms with E-state index in [0.717, 1.165) is 50.8 Å². The summed E-state index contributed by atoms with van der Waals surface area (Å²) in [6.07, 6.45) is 7.24. The first kappa shape index (κ1) is 16.6. The quantitative estimate of drug-likeness (QED) is 0.830. The Bertz CT molecular complexity index is 643. The van der Waals surface area contributed by atoms with Crippen LogP contribution in [0.5, 0.6) is 0 Å². The molecule has 1 spiro atoms. The number of carbonyl (C=O) groups is 2. The molecule has 0 radical (unpaired) electrons. The summed E-state index contributed by atoms with van der Waals surface area (Å²) in [5.41, 5.74) is 1.06. The summed E-state index contributed by atoms with van der Waals surface area (Å²) in [6, 6.07) is 10.1. The van der Waals surface area contributed by atoms with E-state index >= 15 is 0 Å². The van der Waals surface area contributed by atoms with E-state index in [1.54, 1.807) is 0 Å². The number of piperidine rings is 1. The molecule has 2 heterocycles. The second-order valence-electron chi connectivity index (χ2n) is 8.10. The highest BCUT2D eigenvalue weighted by molar-refractivity contribution is 5.87. The summed E-state index contributed by atoms with van der Waals surface area (Å²) in [7, 11) is 1.96. The first-order chi connectivity index (χ1) is 12.1. The van der Waals surface area contributed by atoms with Crippen LogP contribution in [0, 0.1) is 5.92 Å². The number of likely N-dealkylation sites (tertiary alicyclic amines) is 2. The number of hydrogen-bond acceptors (Lipinski definition) is 2. The van der Waals surface area contributed by atoms with Gasteiger partial charge < -0.3 is 9.80 Å². The largest absolute Gasteiger partial charge is 0.342 e. The van der Waals surface area contributed by atoms with Crippen molar-refractivity contribution in [1.82, 2.24) is 9.80 Å². The molecule has 1 aromatic rings. The molecular weight excluding hydrogens is 312 g/mol. The molecule has 0 aromatic heterocycles. The molecule has 4 heteroatoms. The van der Waals surface area contributed by atoms with Crippen LogP contribution in [0.15, 0.2) is 30.3 Å². The van der Waals surface area contributed by atoms with Gasteiger partial charge in [-0.15, -0.1) is 0 Å². The van der Waals surface area contributed by atoms with Crippen LogP contribution in [0.3, 0.4) is 0 Å². The molecule has 3 fully saturated rings. The van der Waals surface area contributed by atoms with E-state index < -0.39 is 0 Å². The second-order valence-corrected chi connectivity index (χ2v) is 8.10. The van der Waals surface area contributed by atoms with Crippen molar-refractivity contribution in [3.8, 4) is 0 Å². The fourth-order valence-electron chi connectivity index (χ4n) is 5.13. The summed E-state index contributed by atoms with van der Waals surface area (Å²) in [5.74, 6) is 0.832. The van der Waals surface area contributed by atoms with Crippen molar-refractivity contribution >= 4 is 11.8 Å². The second kappa shape index (κ2) is 6.47. The van der Waals surface area contributed by atoms with Gasteiger partial charge in [0.25, 0.3) is 0 Å². The van der Waals surface area contributed by atoms with Crippen LogP contribution in [-0.4, -0.2) is 47.3 Å². The number of hydrogen-bond donors (Lipinski definition) is 0. The predicted molar refractivity (Wildman–Crippen MR) is 97.1 cm³/mol. The Balaban J connectivity index is 1.45. The minimum atomic E-state index is -0.0654. The van der Waals surface area contributed by atoms with Gasteiger partial charge in [0.1, 0.15) is 0 Å². The molecule has 0 N–H and O–H groups in total. The van der Waals surface area contributed by atoms with E-state index in [-0.39, 0.29) is 23.3 Å². The lowest BCUT2D eigenvalue weighted by molar-refractivity contribution is -0.139. The lowest BCUT2D eigenvalue weighted by Crippen LogP contribution is -2.53. The van der Waals surface area contributed by atoms with Crippen molar-refractivity contribution < 1.29 is 9.59 Å². The van der Waals surface area contributed by atoms with Crippen molar-refractivity contribution in [2.75, 3.05) is 20.1 Å². The average molecular weight is 340 g/mol. The number of carbonyl (C=O) groups excluding carboxylic acids is 2. The van der Waals surface area contributed by atoms with Gasteiger partial charge in [0.2, 0.25) is 11.8 Å². The number of rotatable bonds is 2. The van der Waals surface area contributed by atoms with Crippen LogP contribution in [0.4, 0.5) is 0 Å². The molecule has 1 aromatic carbocycles. The van der Waals surface area contributed by atoms with Crippen LogP contribution < -0.4 is 0 Å². The minimum Gasteiger partial charge on any atom is -0.342 e. The minimum absolute atomic E-state index is 0.0247. The van der Waals surface area contributed by atoms with E-state index in [1.807, 2.05) is 30.1 Å². The fourth-order valence-corrected chi connectivity index (χ4v) is 5.13. The Kier molecular flexibility index (Phi) is 4.30. The maximum atomic E-state index is 12.8. The summed E-state index contributed by atoms with van der Waals surface area (Å²) in [4.78, 5) is 29.6. The third kappa shape index (κ3) is 2.86. The van der Waals surface area contributed by atoms with Gasteiger partial charge in [-0.3, -0.25) is 9.59 Å². The lowest BCUT2D eigenvalue weighted by Gasteiger charge is -2.44. The Labute approximate surface area is 150 Å². The molecule has 1 atom stereocenters. The third-order valence-electron chi connectivity index (χ3n) is 6.84. The Morgan fingerprint density at radius 1 is 1.08 bits per heavy atom. The average Bonchev–Trinajstić information content (AvgIpc) is 3.27. The zero-order chi connectivity index (χ0) is 17.4. The van der Waals surface area contributed by atoms with Gasteiger partial charge >= 0.3 is 0 Å². The van der Waals surface area contributed by atoms with E-state index in [9.17, 15) is 9.59 Å². The summed E-state index contributed by atoms with van der Waals surface area (Å²) in [6.45, 7) is 1.60. The van der Waals surface area contributed by atoms with E-state index in [0.29, 0.717) is 5.91 Å². The Hall–Kier alpha value is -1.84. The van der Waals surface area contributed by atoms with Crippen molar-refractivity contribution in [3.05, 3.63) is 35.9 Å². The lowest BCUT2D eigenvalue weighted by atomic mass is 9.81. The van der Waals surface area contributed by atoms with Gasteiger partial charge in [-0.25, -0.2) is 0 Å². The summed E-state index contributed by atoms with van der Waals surface area (Å²) in [5, 5.41) is 0. The van der Waals surface area contributed by atoms with Gasteiger partial charge in [0, 0.05) is 31.6 Å². The van der Waals surface area contributed by atoms with Crippen LogP contribution in [0.2, 0.25) is 0 Å². The number of benzene rings is 1. The van der Waals surface area contributed by atoms with Crippen molar-refractivity contribution in [3.63, 3.8) is 0 Å². The van der Waals surface area contributed by atoms with Gasteiger partial charge in [-0.05, 0) is 37.7 Å². The molecule has 0 bridgehead atoms. The summed E-state index contributed by atoms with van der Waals surface area (Å²) >= 11 is 0. The molecule has 2 aliphatic heterocycles. The molecule has 3 aliphatic rings. The zero-order valence-electron chi connectivity index (χ0n) is 15.1. The predicted octanol–water partition coefficient (Wildman–Crippen LogP) is 3.18. The van der Waals surface area contributed by atoms with Gasteiger partial charge in [-0.2, -0.15) is 0 Å². The number of nitrogens with zero attached hydrogens (tertiary/aromatic N) is 2. The zero-order valence-corrected chi connectivity index (χ0v) is 15.1. The molecule has 1 aliphatic carbocycles. The van der Waals surface area contributed by atoms with Gasteiger partial charge in [0.15, 0.2) is 0 Å². The van der Waals surface area contributed by atoms with Crippen LogP contribution in [0.25, 0.3) is 0 Å². The smallest absolute Gasteiger partial charge is 0.230 e.